The van der Waals surface area contributed by atoms with Gasteiger partial charge in [0.25, 0.3) is 0 Å². The molecule has 108 valence electrons. The molecule has 1 aromatic rings. The Hall–Kier alpha value is -0.250. The van der Waals surface area contributed by atoms with Crippen LogP contribution in [0.25, 0.3) is 0 Å². The third-order valence-electron chi connectivity index (χ3n) is 2.17. The van der Waals surface area contributed by atoms with Gasteiger partial charge in [-0.25, -0.2) is 0 Å². The first-order chi connectivity index (χ1) is 9.00. The van der Waals surface area contributed by atoms with Gasteiger partial charge in [0.1, 0.15) is 5.75 Å². The van der Waals surface area contributed by atoms with Crippen LogP contribution in [0.4, 0.5) is 0 Å². The number of rotatable bonds is 8. The van der Waals surface area contributed by atoms with Crippen LogP contribution in [-0.4, -0.2) is 26.0 Å². The number of ether oxygens (including phenoxy) is 1. The Bertz CT molecular complexity index is 443. The second-order valence-electron chi connectivity index (χ2n) is 3.59. The lowest BCUT2D eigenvalue weighted by molar-refractivity contribution is 0.213. The molecule has 0 saturated heterocycles. The van der Waals surface area contributed by atoms with Crippen LogP contribution in [0.1, 0.15) is 13.8 Å². The van der Waals surface area contributed by atoms with Crippen LogP contribution in [0.15, 0.2) is 18.2 Å². The largest absolute Gasteiger partial charge is 0.491 e. The molecule has 19 heavy (non-hydrogen) atoms. The smallest absolute Gasteiger partial charge is 0.334 e. The van der Waals surface area contributed by atoms with Crippen molar-refractivity contribution >= 4 is 30.8 Å². The molecule has 0 aliphatic heterocycles. The first-order valence-electron chi connectivity index (χ1n) is 5.96. The van der Waals surface area contributed by atoms with Crippen LogP contribution >= 0.6 is 30.8 Å². The van der Waals surface area contributed by atoms with Gasteiger partial charge < -0.3 is 13.8 Å². The average Bonchev–Trinajstić information content (AvgIpc) is 2.32. The fraction of sp³-hybridized carbons (Fsp3) is 0.500. The summed E-state index contributed by atoms with van der Waals surface area (Å²) in [5.74, 6) is 0.491. The maximum atomic E-state index is 12.2. The minimum atomic E-state index is -3.08. The van der Waals surface area contributed by atoms with Crippen molar-refractivity contribution < 1.29 is 18.3 Å². The van der Waals surface area contributed by atoms with E-state index in [1.54, 1.807) is 32.0 Å². The van der Waals surface area contributed by atoms with Gasteiger partial charge in [0.15, 0.2) is 0 Å². The number of hydrogen-bond acceptors (Lipinski definition) is 4. The molecule has 0 fully saturated rings. The maximum Gasteiger partial charge on any atom is 0.334 e. The standard InChI is InChI=1S/C12H17Cl2O4P/c1-3-17-19(15,18-4-2)8-7-16-12-6-5-10(13)9-11(12)14/h5-6,9H,3-4,7-8H2,1-2H3. The Morgan fingerprint density at radius 1 is 1.16 bits per heavy atom. The molecular weight excluding hydrogens is 310 g/mol. The summed E-state index contributed by atoms with van der Waals surface area (Å²) in [6, 6.07) is 4.92. The van der Waals surface area contributed by atoms with Crippen LogP contribution in [0.2, 0.25) is 10.0 Å². The van der Waals surface area contributed by atoms with Crippen molar-refractivity contribution in [1.82, 2.24) is 0 Å². The Labute approximate surface area is 123 Å². The summed E-state index contributed by atoms with van der Waals surface area (Å²) < 4.78 is 27.9. The van der Waals surface area contributed by atoms with E-state index >= 15 is 0 Å². The number of hydrogen-bond donors (Lipinski definition) is 0. The quantitative estimate of drug-likeness (QED) is 0.653. The molecule has 0 aliphatic carbocycles. The molecule has 0 N–H and O–H groups in total. The lowest BCUT2D eigenvalue weighted by Gasteiger charge is -2.17. The van der Waals surface area contributed by atoms with E-state index in [0.717, 1.165) is 0 Å². The summed E-state index contributed by atoms with van der Waals surface area (Å²) in [7, 11) is -3.08. The number of benzene rings is 1. The molecule has 1 aromatic carbocycles. The van der Waals surface area contributed by atoms with Crippen LogP contribution < -0.4 is 4.74 Å². The normalized spacial score (nSPS) is 11.6. The molecule has 0 atom stereocenters. The van der Waals surface area contributed by atoms with Crippen LogP contribution in [0, 0.1) is 0 Å². The van der Waals surface area contributed by atoms with E-state index in [9.17, 15) is 4.57 Å². The molecule has 0 aromatic heterocycles. The highest BCUT2D eigenvalue weighted by molar-refractivity contribution is 7.53. The molecule has 0 amide bonds. The fourth-order valence-corrected chi connectivity index (χ4v) is 3.32. The zero-order valence-electron chi connectivity index (χ0n) is 10.9. The maximum absolute atomic E-state index is 12.2. The molecule has 0 saturated carbocycles. The molecule has 0 spiro atoms. The van der Waals surface area contributed by atoms with Crippen molar-refractivity contribution in [1.29, 1.82) is 0 Å². The predicted octanol–water partition coefficient (Wildman–Crippen LogP) is 4.64. The van der Waals surface area contributed by atoms with E-state index in [1.165, 1.54) is 0 Å². The van der Waals surface area contributed by atoms with Crippen molar-refractivity contribution in [2.24, 2.45) is 0 Å². The number of halogens is 2. The van der Waals surface area contributed by atoms with Gasteiger partial charge in [-0.1, -0.05) is 23.2 Å². The molecule has 0 aliphatic rings. The fourth-order valence-electron chi connectivity index (χ4n) is 1.42. The molecular formula is C12H17Cl2O4P. The Morgan fingerprint density at radius 3 is 2.32 bits per heavy atom. The molecule has 1 rings (SSSR count). The summed E-state index contributed by atoms with van der Waals surface area (Å²) in [5.41, 5.74) is 0. The van der Waals surface area contributed by atoms with Gasteiger partial charge in [-0.15, -0.1) is 0 Å². The van der Waals surface area contributed by atoms with Crippen molar-refractivity contribution in [3.63, 3.8) is 0 Å². The molecule has 0 unspecified atom stereocenters. The van der Waals surface area contributed by atoms with E-state index in [-0.39, 0.29) is 12.8 Å². The second kappa shape index (κ2) is 8.13. The Balaban J connectivity index is 2.54. The second-order valence-corrected chi connectivity index (χ2v) is 6.62. The summed E-state index contributed by atoms with van der Waals surface area (Å²) >= 11 is 11.7. The summed E-state index contributed by atoms with van der Waals surface area (Å²) in [6.07, 6.45) is 0.174. The molecule has 4 nitrogen and oxygen atoms in total. The van der Waals surface area contributed by atoms with E-state index in [4.69, 9.17) is 37.0 Å². The lowest BCUT2D eigenvalue weighted by atomic mass is 10.3. The van der Waals surface area contributed by atoms with Crippen molar-refractivity contribution in [2.45, 2.75) is 13.8 Å². The molecule has 0 bridgehead atoms. The topological polar surface area (TPSA) is 44.8 Å². The first-order valence-corrected chi connectivity index (χ1v) is 8.45. The first kappa shape index (κ1) is 16.8. The third kappa shape index (κ3) is 5.72. The highest BCUT2D eigenvalue weighted by atomic mass is 35.5. The third-order valence-corrected chi connectivity index (χ3v) is 4.73. The Kier molecular flexibility index (Phi) is 7.19. The van der Waals surface area contributed by atoms with Crippen molar-refractivity contribution in [3.05, 3.63) is 28.2 Å². The van der Waals surface area contributed by atoms with Gasteiger partial charge in [-0.2, -0.15) is 0 Å². The average molecular weight is 327 g/mol. The van der Waals surface area contributed by atoms with E-state index < -0.39 is 7.60 Å². The zero-order valence-corrected chi connectivity index (χ0v) is 13.3. The molecule has 7 heteroatoms. The van der Waals surface area contributed by atoms with E-state index in [2.05, 4.69) is 0 Å². The van der Waals surface area contributed by atoms with E-state index in [1.807, 2.05) is 0 Å². The van der Waals surface area contributed by atoms with Gasteiger partial charge in [0, 0.05) is 5.02 Å². The van der Waals surface area contributed by atoms with Gasteiger partial charge in [0.05, 0.1) is 31.0 Å². The Morgan fingerprint density at radius 2 is 1.79 bits per heavy atom. The van der Waals surface area contributed by atoms with Crippen molar-refractivity contribution in [3.8, 4) is 5.75 Å². The molecule has 0 radical (unpaired) electrons. The highest BCUT2D eigenvalue weighted by Gasteiger charge is 2.23. The van der Waals surface area contributed by atoms with Crippen LogP contribution in [0.3, 0.4) is 0 Å². The summed E-state index contributed by atoms with van der Waals surface area (Å²) in [6.45, 7) is 4.39. The van der Waals surface area contributed by atoms with Gasteiger partial charge in [-0.05, 0) is 32.0 Å². The summed E-state index contributed by atoms with van der Waals surface area (Å²) in [5, 5.41) is 0.946. The molecule has 0 heterocycles. The monoisotopic (exact) mass is 326 g/mol. The summed E-state index contributed by atoms with van der Waals surface area (Å²) in [4.78, 5) is 0. The van der Waals surface area contributed by atoms with Crippen molar-refractivity contribution in [2.75, 3.05) is 26.0 Å². The minimum absolute atomic E-state index is 0.174. The predicted molar refractivity (Wildman–Crippen MR) is 77.7 cm³/mol. The van der Waals surface area contributed by atoms with Crippen LogP contribution in [-0.2, 0) is 13.6 Å². The SMILES string of the molecule is CCOP(=O)(CCOc1ccc(Cl)cc1Cl)OCC. The highest BCUT2D eigenvalue weighted by Crippen LogP contribution is 2.47. The van der Waals surface area contributed by atoms with Gasteiger partial charge in [0.2, 0.25) is 0 Å². The van der Waals surface area contributed by atoms with Crippen LogP contribution in [0.5, 0.6) is 5.75 Å². The minimum Gasteiger partial charge on any atom is -0.491 e. The van der Waals surface area contributed by atoms with Gasteiger partial charge in [-0.3, -0.25) is 4.57 Å². The zero-order chi connectivity index (χ0) is 14.3. The van der Waals surface area contributed by atoms with E-state index in [0.29, 0.717) is 29.0 Å². The van der Waals surface area contributed by atoms with Gasteiger partial charge >= 0.3 is 7.60 Å². The lowest BCUT2D eigenvalue weighted by Crippen LogP contribution is -2.08.